The highest BCUT2D eigenvalue weighted by molar-refractivity contribution is 5.76. The first-order valence-electron chi connectivity index (χ1n) is 47.3. The molecule has 0 fully saturated rings. The zero-order valence-electron chi connectivity index (χ0n) is 73.2. The maximum absolute atomic E-state index is 14.5. The Balaban J connectivity index is 5.92. The van der Waals surface area contributed by atoms with E-state index in [1.165, 1.54) is 231 Å². The van der Waals surface area contributed by atoms with E-state index in [1.807, 2.05) is 11.9 Å². The molecule has 0 aromatic heterocycles. The molecule has 0 aromatic rings. The normalized spacial score (nSPS) is 12.5. The highest BCUT2D eigenvalue weighted by Crippen LogP contribution is 2.22. The summed E-state index contributed by atoms with van der Waals surface area (Å²) in [5, 5.41) is 10.2. The number of esters is 3. The smallest absolute Gasteiger partial charge is 0.323 e. The average Bonchev–Trinajstić information content (AvgIpc) is 0.886. The number of hydrogen-bond acceptors (Lipinski definition) is 13. The first-order chi connectivity index (χ1) is 53.7. The van der Waals surface area contributed by atoms with Crippen LogP contribution in [0.2, 0.25) is 0 Å². The lowest BCUT2D eigenvalue weighted by Crippen LogP contribution is -2.42. The molecule has 0 aromatic carbocycles. The Morgan fingerprint density at radius 2 is 0.587 bits per heavy atom. The van der Waals surface area contributed by atoms with Crippen molar-refractivity contribution in [3.05, 3.63) is 48.6 Å². The second-order valence-electron chi connectivity index (χ2n) is 31.9. The minimum atomic E-state index is -0.420. The van der Waals surface area contributed by atoms with Gasteiger partial charge in [-0.15, -0.1) is 0 Å². The molecule has 0 aliphatic heterocycles. The van der Waals surface area contributed by atoms with Crippen molar-refractivity contribution in [3.8, 4) is 0 Å². The van der Waals surface area contributed by atoms with E-state index in [4.69, 9.17) is 33.2 Å². The number of aliphatic hydroxyl groups excluding tert-OH is 1. The molecule has 13 nitrogen and oxygen atoms in total. The highest BCUT2D eigenvalue weighted by Gasteiger charge is 2.27. The Labute approximate surface area is 675 Å². The highest BCUT2D eigenvalue weighted by atomic mass is 16.7. The van der Waals surface area contributed by atoms with Gasteiger partial charge in [0.2, 0.25) is 0 Å². The number of rotatable bonds is 90. The van der Waals surface area contributed by atoms with E-state index < -0.39 is 6.04 Å². The maximum atomic E-state index is 14.5. The van der Waals surface area contributed by atoms with Gasteiger partial charge >= 0.3 is 17.9 Å². The van der Waals surface area contributed by atoms with E-state index in [0.29, 0.717) is 78.3 Å². The van der Waals surface area contributed by atoms with Crippen molar-refractivity contribution >= 4 is 17.9 Å². The SMILES string of the molecule is CCCCC/C=C/C/C=C/CCCCCCCCC(CCCCCCCC/C=C/C/C=C/CCCCC)OC(=O)C(CCCCN(CCCCCC(=O)OCCC(OCCCCCCCC)OCCCCCCCC)CCCCCC(=O)OCCC(OCCCCCCCC)OCCCCCCCC)N(C)CCO. The topological polar surface area (TPSA) is 143 Å². The molecule has 0 amide bonds. The van der Waals surface area contributed by atoms with Gasteiger partial charge in [-0.05, 0) is 181 Å². The van der Waals surface area contributed by atoms with Crippen LogP contribution in [0.5, 0.6) is 0 Å². The standard InChI is InChI=1S/C96H182N2O11/c1-8-14-20-26-32-34-36-38-40-42-44-46-48-50-52-60-72-90(73-61-53-51-49-47-45-43-41-39-37-35-33-27-21-15-9-2)109-96(102)91(97(7)82-83-99)74-64-67-81-98(79-65-58-62-75-92(100)103-88-77-94(105-84-68-54-28-22-16-10-3)106-85-69-55-29-23-17-11-4)80-66-59-63-76-93(101)104-89-78-95(107-86-70-56-30-24-18-12-5)108-87-71-57-31-25-19-13-6/h32-35,38-41,90-91,94-95,99H,8-31,36-37,42-89H2,1-7H3/b34-32+,35-33+,40-38+,41-39+. The second-order valence-corrected chi connectivity index (χ2v) is 31.9. The van der Waals surface area contributed by atoms with Crippen LogP contribution in [0.3, 0.4) is 0 Å². The Morgan fingerprint density at radius 3 is 0.936 bits per heavy atom. The van der Waals surface area contributed by atoms with Crippen molar-refractivity contribution in [2.75, 3.05) is 79.5 Å². The van der Waals surface area contributed by atoms with Gasteiger partial charge in [0.1, 0.15) is 12.1 Å². The van der Waals surface area contributed by atoms with Crippen molar-refractivity contribution in [2.45, 2.75) is 471 Å². The third-order valence-corrected chi connectivity index (χ3v) is 21.3. The monoisotopic (exact) mass is 1540 g/mol. The van der Waals surface area contributed by atoms with Crippen LogP contribution in [0.15, 0.2) is 48.6 Å². The van der Waals surface area contributed by atoms with E-state index in [0.717, 1.165) is 161 Å². The van der Waals surface area contributed by atoms with Crippen LogP contribution in [0.4, 0.5) is 0 Å². The molecular weight excluding hydrogens is 1360 g/mol. The lowest BCUT2D eigenvalue weighted by Gasteiger charge is -2.29. The summed E-state index contributed by atoms with van der Waals surface area (Å²) in [6, 6.07) is -0.420. The van der Waals surface area contributed by atoms with Crippen molar-refractivity contribution < 1.29 is 52.6 Å². The molecule has 0 bridgehead atoms. The summed E-state index contributed by atoms with van der Waals surface area (Å²) in [5.74, 6) is -0.458. The number of allylic oxidation sites excluding steroid dienone is 8. The Kier molecular flexibility index (Phi) is 86.7. The quantitative estimate of drug-likeness (QED) is 0.0203. The molecule has 0 aliphatic carbocycles. The molecule has 0 heterocycles. The molecule has 0 rings (SSSR count). The summed E-state index contributed by atoms with van der Waals surface area (Å²) >= 11 is 0. The number of carbonyl (C=O) groups excluding carboxylic acids is 3. The molecule has 1 atom stereocenters. The van der Waals surface area contributed by atoms with Crippen molar-refractivity contribution in [1.29, 1.82) is 0 Å². The van der Waals surface area contributed by atoms with Crippen LogP contribution in [0, 0.1) is 0 Å². The molecule has 109 heavy (non-hydrogen) atoms. The number of unbranched alkanes of at least 4 members (excludes halogenated alkanes) is 43. The zero-order chi connectivity index (χ0) is 79.1. The predicted octanol–water partition coefficient (Wildman–Crippen LogP) is 27.2. The maximum Gasteiger partial charge on any atom is 0.323 e. The number of carbonyl (C=O) groups is 3. The van der Waals surface area contributed by atoms with E-state index in [9.17, 15) is 19.5 Å². The van der Waals surface area contributed by atoms with Gasteiger partial charge < -0.3 is 43.2 Å². The molecule has 0 saturated heterocycles. The van der Waals surface area contributed by atoms with Gasteiger partial charge in [-0.2, -0.15) is 0 Å². The van der Waals surface area contributed by atoms with Crippen LogP contribution in [0.25, 0.3) is 0 Å². The van der Waals surface area contributed by atoms with Gasteiger partial charge in [-0.3, -0.25) is 19.3 Å². The largest absolute Gasteiger partial charge is 0.465 e. The van der Waals surface area contributed by atoms with E-state index >= 15 is 0 Å². The molecule has 0 radical (unpaired) electrons. The summed E-state index contributed by atoms with van der Waals surface area (Å²) in [4.78, 5) is 45.3. The predicted molar refractivity (Wildman–Crippen MR) is 465 cm³/mol. The van der Waals surface area contributed by atoms with E-state index in [-0.39, 0.29) is 43.2 Å². The van der Waals surface area contributed by atoms with Crippen LogP contribution < -0.4 is 0 Å². The molecule has 1 unspecified atom stereocenters. The summed E-state index contributed by atoms with van der Waals surface area (Å²) in [6.07, 6.45) is 87.3. The number of likely N-dealkylation sites (N-methyl/N-ethyl adjacent to an activating group) is 1. The lowest BCUT2D eigenvalue weighted by atomic mass is 10.0. The summed E-state index contributed by atoms with van der Waals surface area (Å²) in [6.45, 7) is 19.9. The Bertz CT molecular complexity index is 1830. The van der Waals surface area contributed by atoms with Crippen LogP contribution in [-0.4, -0.2) is 137 Å². The number of hydrogen-bond donors (Lipinski definition) is 1. The molecule has 13 heteroatoms. The van der Waals surface area contributed by atoms with Crippen LogP contribution in [0.1, 0.15) is 446 Å². The minimum absolute atomic E-state index is 0.0151. The van der Waals surface area contributed by atoms with Crippen molar-refractivity contribution in [1.82, 2.24) is 9.80 Å². The Hall–Kier alpha value is -2.91. The summed E-state index contributed by atoms with van der Waals surface area (Å²) in [7, 11) is 1.96. The van der Waals surface area contributed by atoms with Gasteiger partial charge in [0, 0.05) is 58.7 Å². The summed E-state index contributed by atoms with van der Waals surface area (Å²) < 4.78 is 43.1. The molecule has 0 saturated carbocycles. The third kappa shape index (κ3) is 78.7. The van der Waals surface area contributed by atoms with Gasteiger partial charge in [-0.1, -0.05) is 315 Å². The fourth-order valence-electron chi connectivity index (χ4n) is 14.1. The van der Waals surface area contributed by atoms with Gasteiger partial charge in [0.25, 0.3) is 0 Å². The first kappa shape index (κ1) is 106. The number of ether oxygens (including phenoxy) is 7. The van der Waals surface area contributed by atoms with E-state index in [2.05, 4.69) is 95.1 Å². The zero-order valence-corrected chi connectivity index (χ0v) is 73.2. The summed E-state index contributed by atoms with van der Waals surface area (Å²) in [5.41, 5.74) is 0. The number of nitrogens with zero attached hydrogens (tertiary/aromatic N) is 2. The Morgan fingerprint density at radius 1 is 0.303 bits per heavy atom. The van der Waals surface area contributed by atoms with Gasteiger partial charge in [-0.25, -0.2) is 0 Å². The van der Waals surface area contributed by atoms with E-state index in [1.54, 1.807) is 0 Å². The molecule has 1 N–H and O–H groups in total. The molecule has 0 spiro atoms. The van der Waals surface area contributed by atoms with Gasteiger partial charge in [0.15, 0.2) is 12.6 Å². The second kappa shape index (κ2) is 89.0. The van der Waals surface area contributed by atoms with Crippen molar-refractivity contribution in [3.63, 3.8) is 0 Å². The molecular formula is C96H182N2O11. The molecule has 642 valence electrons. The van der Waals surface area contributed by atoms with Crippen LogP contribution in [-0.2, 0) is 47.5 Å². The molecule has 0 aliphatic rings. The third-order valence-electron chi connectivity index (χ3n) is 21.3. The fourth-order valence-corrected chi connectivity index (χ4v) is 14.1. The average molecular weight is 1540 g/mol. The number of aliphatic hydroxyl groups is 1. The fraction of sp³-hybridized carbons (Fsp3) is 0.885. The lowest BCUT2D eigenvalue weighted by molar-refractivity contribution is -0.162. The minimum Gasteiger partial charge on any atom is -0.465 e. The van der Waals surface area contributed by atoms with Crippen LogP contribution >= 0.6 is 0 Å². The van der Waals surface area contributed by atoms with Crippen molar-refractivity contribution in [2.24, 2.45) is 0 Å². The first-order valence-corrected chi connectivity index (χ1v) is 47.3. The van der Waals surface area contributed by atoms with Gasteiger partial charge in [0.05, 0.1) is 19.8 Å².